The van der Waals surface area contributed by atoms with Gasteiger partial charge in [-0.25, -0.2) is 4.79 Å². The van der Waals surface area contributed by atoms with Crippen molar-refractivity contribution < 1.29 is 14.3 Å². The zero-order valence-corrected chi connectivity index (χ0v) is 13.1. The van der Waals surface area contributed by atoms with Crippen molar-refractivity contribution in [3.05, 3.63) is 29.8 Å². The van der Waals surface area contributed by atoms with Gasteiger partial charge in [0.15, 0.2) is 0 Å². The predicted molar refractivity (Wildman–Crippen MR) is 83.6 cm³/mol. The number of methoxy groups -OCH3 is 1. The number of amides is 3. The first-order valence-corrected chi connectivity index (χ1v) is 7.48. The fourth-order valence-corrected chi connectivity index (χ4v) is 2.49. The van der Waals surface area contributed by atoms with Crippen molar-refractivity contribution in [1.29, 1.82) is 0 Å². The third-order valence-corrected chi connectivity index (χ3v) is 3.91. The minimum absolute atomic E-state index is 0.0706. The van der Waals surface area contributed by atoms with Gasteiger partial charge in [-0.15, -0.1) is 0 Å². The smallest absolute Gasteiger partial charge is 0.321 e. The number of carbonyl (C=O) groups is 2. The number of rotatable bonds is 4. The third kappa shape index (κ3) is 4.73. The van der Waals surface area contributed by atoms with Gasteiger partial charge >= 0.3 is 6.03 Å². The summed E-state index contributed by atoms with van der Waals surface area (Å²) >= 11 is 0. The van der Waals surface area contributed by atoms with Crippen LogP contribution in [0.25, 0.3) is 0 Å². The zero-order valence-electron chi connectivity index (χ0n) is 13.1. The monoisotopic (exact) mass is 305 g/mol. The van der Waals surface area contributed by atoms with E-state index in [9.17, 15) is 9.59 Å². The minimum Gasteiger partial charge on any atom is -0.497 e. The zero-order chi connectivity index (χ0) is 15.9. The summed E-state index contributed by atoms with van der Waals surface area (Å²) in [6.45, 7) is 2.14. The lowest BCUT2D eigenvalue weighted by Gasteiger charge is -2.27. The van der Waals surface area contributed by atoms with Gasteiger partial charge in [0.05, 0.1) is 7.11 Å². The average Bonchev–Trinajstić information content (AvgIpc) is 2.53. The number of likely N-dealkylation sites (tertiary alicyclic amines) is 1. The molecule has 1 fully saturated rings. The van der Waals surface area contributed by atoms with Crippen LogP contribution in [0.3, 0.4) is 0 Å². The first kappa shape index (κ1) is 16.3. The van der Waals surface area contributed by atoms with Crippen LogP contribution in [-0.4, -0.2) is 44.1 Å². The number of nitrogens with one attached hydrogen (secondary N) is 2. The van der Waals surface area contributed by atoms with Crippen LogP contribution in [0.4, 0.5) is 4.79 Å². The highest BCUT2D eigenvalue weighted by Gasteiger charge is 2.24. The van der Waals surface area contributed by atoms with Crippen molar-refractivity contribution in [2.75, 3.05) is 27.2 Å². The molecule has 3 amide bonds. The summed E-state index contributed by atoms with van der Waals surface area (Å²) in [6.07, 6.45) is 1.59. The Morgan fingerprint density at radius 3 is 2.73 bits per heavy atom. The molecule has 0 unspecified atom stereocenters. The highest BCUT2D eigenvalue weighted by molar-refractivity contribution is 5.95. The van der Waals surface area contributed by atoms with Crippen LogP contribution < -0.4 is 15.4 Å². The van der Waals surface area contributed by atoms with Gasteiger partial charge in [0.2, 0.25) is 5.91 Å². The van der Waals surface area contributed by atoms with Gasteiger partial charge in [-0.1, -0.05) is 12.1 Å². The lowest BCUT2D eigenvalue weighted by atomic mass is 9.96. The van der Waals surface area contributed by atoms with E-state index in [0.717, 1.165) is 37.2 Å². The Morgan fingerprint density at radius 2 is 2.05 bits per heavy atom. The van der Waals surface area contributed by atoms with Gasteiger partial charge in [-0.05, 0) is 50.7 Å². The first-order valence-electron chi connectivity index (χ1n) is 7.48. The molecule has 0 atom stereocenters. The fraction of sp³-hybridized carbons (Fsp3) is 0.500. The molecule has 22 heavy (non-hydrogen) atoms. The van der Waals surface area contributed by atoms with Gasteiger partial charge in [0, 0.05) is 12.5 Å². The summed E-state index contributed by atoms with van der Waals surface area (Å²) in [5, 5.41) is 5.12. The fourth-order valence-electron chi connectivity index (χ4n) is 2.49. The number of imide groups is 1. The molecule has 1 aromatic rings. The van der Waals surface area contributed by atoms with E-state index in [1.165, 1.54) is 0 Å². The highest BCUT2D eigenvalue weighted by Crippen LogP contribution is 2.16. The van der Waals surface area contributed by atoms with Crippen molar-refractivity contribution in [3.63, 3.8) is 0 Å². The number of nitrogens with zero attached hydrogens (tertiary/aromatic N) is 1. The molecule has 2 N–H and O–H groups in total. The molecule has 120 valence electrons. The lowest BCUT2D eigenvalue weighted by molar-refractivity contribution is -0.125. The van der Waals surface area contributed by atoms with Crippen LogP contribution in [-0.2, 0) is 11.3 Å². The van der Waals surface area contributed by atoms with Gasteiger partial charge < -0.3 is 15.0 Å². The van der Waals surface area contributed by atoms with Crippen molar-refractivity contribution in [1.82, 2.24) is 15.5 Å². The van der Waals surface area contributed by atoms with E-state index >= 15 is 0 Å². The maximum absolute atomic E-state index is 12.0. The van der Waals surface area contributed by atoms with E-state index in [4.69, 9.17) is 4.74 Å². The normalized spacial score (nSPS) is 16.1. The number of carbonyl (C=O) groups excluding carboxylic acids is 2. The molecule has 1 aromatic carbocycles. The van der Waals surface area contributed by atoms with Gasteiger partial charge in [-0.2, -0.15) is 0 Å². The molecular weight excluding hydrogens is 282 g/mol. The molecule has 0 saturated carbocycles. The Kier molecular flexibility index (Phi) is 5.77. The SMILES string of the molecule is COc1cccc(CNC(=O)NC(=O)C2CCN(C)CC2)c1. The Morgan fingerprint density at radius 1 is 1.32 bits per heavy atom. The summed E-state index contributed by atoms with van der Waals surface area (Å²) < 4.78 is 5.13. The molecule has 1 saturated heterocycles. The van der Waals surface area contributed by atoms with E-state index in [2.05, 4.69) is 15.5 Å². The van der Waals surface area contributed by atoms with Crippen molar-refractivity contribution in [2.45, 2.75) is 19.4 Å². The highest BCUT2D eigenvalue weighted by atomic mass is 16.5. The topological polar surface area (TPSA) is 70.7 Å². The molecule has 0 spiro atoms. The van der Waals surface area contributed by atoms with Crippen molar-refractivity contribution >= 4 is 11.9 Å². The van der Waals surface area contributed by atoms with E-state index in [1.54, 1.807) is 7.11 Å². The minimum atomic E-state index is -0.452. The number of piperidine rings is 1. The summed E-state index contributed by atoms with van der Waals surface area (Å²) in [5.74, 6) is 0.483. The predicted octanol–water partition coefficient (Wildman–Crippen LogP) is 1.36. The van der Waals surface area contributed by atoms with E-state index in [0.29, 0.717) is 6.54 Å². The standard InChI is InChI=1S/C16H23N3O3/c1-19-8-6-13(7-9-19)15(20)18-16(21)17-11-12-4-3-5-14(10-12)22-2/h3-5,10,13H,6-9,11H2,1-2H3,(H2,17,18,20,21). The average molecular weight is 305 g/mol. The van der Waals surface area contributed by atoms with Crippen LogP contribution in [0.5, 0.6) is 5.75 Å². The number of ether oxygens (including phenoxy) is 1. The van der Waals surface area contributed by atoms with Crippen LogP contribution in [0.2, 0.25) is 0 Å². The van der Waals surface area contributed by atoms with Crippen LogP contribution in [0.15, 0.2) is 24.3 Å². The Balaban J connectivity index is 1.76. The molecule has 1 aliphatic heterocycles. The van der Waals surface area contributed by atoms with Crippen molar-refractivity contribution in [2.24, 2.45) is 5.92 Å². The molecule has 6 nitrogen and oxygen atoms in total. The molecule has 2 rings (SSSR count). The quantitative estimate of drug-likeness (QED) is 0.881. The van der Waals surface area contributed by atoms with E-state index in [1.807, 2.05) is 31.3 Å². The molecule has 6 heteroatoms. The largest absolute Gasteiger partial charge is 0.497 e. The summed E-state index contributed by atoms with van der Waals surface area (Å²) in [7, 11) is 3.63. The number of hydrogen-bond donors (Lipinski definition) is 2. The van der Waals surface area contributed by atoms with Gasteiger partial charge in [0.1, 0.15) is 5.75 Å². The number of hydrogen-bond acceptors (Lipinski definition) is 4. The van der Waals surface area contributed by atoms with Crippen LogP contribution in [0, 0.1) is 5.92 Å². The maximum Gasteiger partial charge on any atom is 0.321 e. The van der Waals surface area contributed by atoms with E-state index in [-0.39, 0.29) is 11.8 Å². The molecule has 1 aliphatic rings. The van der Waals surface area contributed by atoms with E-state index < -0.39 is 6.03 Å². The Labute approximate surface area is 130 Å². The Hall–Kier alpha value is -2.08. The summed E-state index contributed by atoms with van der Waals surface area (Å²) in [5.41, 5.74) is 0.918. The second kappa shape index (κ2) is 7.79. The van der Waals surface area contributed by atoms with Gasteiger partial charge in [-0.3, -0.25) is 10.1 Å². The molecule has 0 radical (unpaired) electrons. The summed E-state index contributed by atoms with van der Waals surface area (Å²) in [6, 6.07) is 6.98. The first-order chi connectivity index (χ1) is 10.6. The van der Waals surface area contributed by atoms with Crippen LogP contribution >= 0.6 is 0 Å². The summed E-state index contributed by atoms with van der Waals surface area (Å²) in [4.78, 5) is 26.0. The maximum atomic E-state index is 12.0. The number of benzene rings is 1. The molecular formula is C16H23N3O3. The Bertz CT molecular complexity index is 525. The lowest BCUT2D eigenvalue weighted by Crippen LogP contribution is -2.44. The van der Waals surface area contributed by atoms with Gasteiger partial charge in [0.25, 0.3) is 0 Å². The molecule has 0 aliphatic carbocycles. The molecule has 0 aromatic heterocycles. The molecule has 0 bridgehead atoms. The molecule has 1 heterocycles. The second-order valence-electron chi connectivity index (χ2n) is 5.60. The number of urea groups is 1. The third-order valence-electron chi connectivity index (χ3n) is 3.91. The van der Waals surface area contributed by atoms with Crippen molar-refractivity contribution in [3.8, 4) is 5.75 Å². The van der Waals surface area contributed by atoms with Crippen LogP contribution in [0.1, 0.15) is 18.4 Å². The second-order valence-corrected chi connectivity index (χ2v) is 5.60.